The van der Waals surface area contributed by atoms with Gasteiger partial charge in [-0.25, -0.2) is 0 Å². The van der Waals surface area contributed by atoms with Crippen molar-refractivity contribution in [3.8, 4) is 0 Å². The van der Waals surface area contributed by atoms with Crippen LogP contribution < -0.4 is 11.5 Å². The van der Waals surface area contributed by atoms with E-state index in [0.29, 0.717) is 11.7 Å². The van der Waals surface area contributed by atoms with Crippen LogP contribution in [0.1, 0.15) is 6.92 Å². The molecule has 0 aliphatic carbocycles. The quantitative estimate of drug-likeness (QED) is 0.294. The second-order valence-electron chi connectivity index (χ2n) is 1.90. The van der Waals surface area contributed by atoms with Gasteiger partial charge in [-0.15, -0.1) is 0 Å². The molecule has 0 heterocycles. The van der Waals surface area contributed by atoms with E-state index in [0.717, 1.165) is 12.3 Å². The van der Waals surface area contributed by atoms with Gasteiger partial charge in [-0.05, 0) is 6.92 Å². The van der Waals surface area contributed by atoms with Gasteiger partial charge in [0.1, 0.15) is 0 Å². The van der Waals surface area contributed by atoms with E-state index in [4.69, 9.17) is 29.0 Å². The Bertz CT molecular complexity index is 244. The molecule has 0 bridgehead atoms. The fourth-order valence-corrected chi connectivity index (χ4v) is 0.912. The second-order valence-corrected chi connectivity index (χ2v) is 3.91. The van der Waals surface area contributed by atoms with Crippen LogP contribution in [0.2, 0.25) is 0 Å². The van der Waals surface area contributed by atoms with Gasteiger partial charge in [-0.2, -0.15) is 8.42 Å². The summed E-state index contributed by atoms with van der Waals surface area (Å²) >= 11 is 1.50. The summed E-state index contributed by atoms with van der Waals surface area (Å²) in [6.45, 7) is 3.36. The molecule has 0 spiro atoms. The summed E-state index contributed by atoms with van der Waals surface area (Å²) in [4.78, 5) is 3.96. The molecule has 0 amide bonds. The van der Waals surface area contributed by atoms with Crippen LogP contribution >= 0.6 is 11.8 Å². The number of thioether (sulfide) groups is 1. The minimum absolute atomic E-state index is 0.642. The number of aliphatic imine (C=N–C) groups is 1. The molecule has 0 unspecified atom stereocenters. The van der Waals surface area contributed by atoms with E-state index in [1.165, 1.54) is 11.8 Å². The molecule has 0 saturated heterocycles. The summed E-state index contributed by atoms with van der Waals surface area (Å²) in [7, 11) is -4.67. The van der Waals surface area contributed by atoms with Gasteiger partial charge in [-0.1, -0.05) is 11.8 Å². The molecule has 14 heavy (non-hydrogen) atoms. The van der Waals surface area contributed by atoms with Gasteiger partial charge in [0, 0.05) is 18.8 Å². The normalized spacial score (nSPS) is 11.9. The number of nitrogens with zero attached hydrogens (tertiary/aromatic N) is 1. The third-order valence-corrected chi connectivity index (χ3v) is 1.55. The summed E-state index contributed by atoms with van der Waals surface area (Å²) in [5.74, 6) is 0.856. The first-order chi connectivity index (χ1) is 6.31. The Labute approximate surface area is 87.5 Å². The van der Waals surface area contributed by atoms with E-state index < -0.39 is 10.4 Å². The van der Waals surface area contributed by atoms with Crippen LogP contribution in [0.15, 0.2) is 4.99 Å². The molecule has 6 N–H and O–H groups in total. The first-order valence-corrected chi connectivity index (χ1v) is 6.02. The van der Waals surface area contributed by atoms with E-state index in [9.17, 15) is 0 Å². The van der Waals surface area contributed by atoms with Crippen LogP contribution in [0.3, 0.4) is 0 Å². The van der Waals surface area contributed by atoms with Gasteiger partial charge < -0.3 is 11.5 Å². The number of hydrogen-bond donors (Lipinski definition) is 4. The van der Waals surface area contributed by atoms with Crippen molar-refractivity contribution >= 4 is 27.3 Å². The third kappa shape index (κ3) is 29.9. The smallest absolute Gasteiger partial charge is 0.379 e. The number of nitrogens with two attached hydrogens (primary N) is 2. The van der Waals surface area contributed by atoms with Gasteiger partial charge in [0.05, 0.1) is 0 Å². The third-order valence-electron chi connectivity index (χ3n) is 0.682. The monoisotopic (exact) mass is 245 g/mol. The summed E-state index contributed by atoms with van der Waals surface area (Å²) in [5.41, 5.74) is 10.7. The van der Waals surface area contributed by atoms with Gasteiger partial charge in [0.25, 0.3) is 0 Å². The molecule has 7 nitrogen and oxygen atoms in total. The Balaban J connectivity index is 0. The number of hydrogen-bond acceptors (Lipinski definition) is 5. The van der Waals surface area contributed by atoms with Crippen molar-refractivity contribution in [3.63, 3.8) is 0 Å². The van der Waals surface area contributed by atoms with Crippen LogP contribution in [0.5, 0.6) is 0 Å². The van der Waals surface area contributed by atoms with E-state index in [1.54, 1.807) is 0 Å². The van der Waals surface area contributed by atoms with Crippen LogP contribution in [-0.4, -0.2) is 41.5 Å². The Kier molecular flexibility index (Phi) is 10.6. The van der Waals surface area contributed by atoms with Crippen LogP contribution in [0, 0.1) is 0 Å². The van der Waals surface area contributed by atoms with Gasteiger partial charge >= 0.3 is 10.4 Å². The van der Waals surface area contributed by atoms with E-state index in [2.05, 4.69) is 4.99 Å². The summed E-state index contributed by atoms with van der Waals surface area (Å²) in [5, 5.41) is 0.642. The average molecular weight is 245 g/mol. The molecular formula is C5H15N3O4S2. The molecular weight excluding hydrogens is 230 g/mol. The molecule has 86 valence electrons. The highest BCUT2D eigenvalue weighted by Gasteiger charge is 1.88. The lowest BCUT2D eigenvalue weighted by molar-refractivity contribution is 0.381. The van der Waals surface area contributed by atoms with Gasteiger partial charge in [0.15, 0.2) is 5.17 Å². The van der Waals surface area contributed by atoms with Gasteiger partial charge in [-0.3, -0.25) is 14.1 Å². The average Bonchev–Trinajstić information content (AvgIpc) is 1.98. The zero-order valence-corrected chi connectivity index (χ0v) is 9.38. The molecule has 0 radical (unpaired) electrons. The van der Waals surface area contributed by atoms with Crippen molar-refractivity contribution in [1.29, 1.82) is 0 Å². The fourth-order valence-electron chi connectivity index (χ4n) is 0.365. The number of rotatable bonds is 3. The largest absolute Gasteiger partial charge is 0.394 e. The Morgan fingerprint density at radius 2 is 1.93 bits per heavy atom. The molecule has 0 aromatic carbocycles. The SMILES string of the molecule is CCN=C(N)SCCN.O=S(=O)(O)O. The minimum atomic E-state index is -4.67. The first-order valence-electron chi connectivity index (χ1n) is 3.64. The summed E-state index contributed by atoms with van der Waals surface area (Å²) < 4.78 is 31.6. The zero-order valence-electron chi connectivity index (χ0n) is 7.75. The Morgan fingerprint density at radius 3 is 2.21 bits per heavy atom. The molecule has 9 heteroatoms. The molecule has 0 fully saturated rings. The lowest BCUT2D eigenvalue weighted by atomic mass is 10.8. The zero-order chi connectivity index (χ0) is 11.6. The van der Waals surface area contributed by atoms with Gasteiger partial charge in [0.2, 0.25) is 0 Å². The molecule has 0 aliphatic rings. The van der Waals surface area contributed by atoms with Crippen molar-refractivity contribution in [2.24, 2.45) is 16.5 Å². The van der Waals surface area contributed by atoms with Crippen LogP contribution in [-0.2, 0) is 10.4 Å². The molecule has 0 aliphatic heterocycles. The van der Waals surface area contributed by atoms with Crippen molar-refractivity contribution < 1.29 is 17.5 Å². The highest BCUT2D eigenvalue weighted by atomic mass is 32.3. The number of amidine groups is 1. The van der Waals surface area contributed by atoms with E-state index in [-0.39, 0.29) is 0 Å². The van der Waals surface area contributed by atoms with Crippen molar-refractivity contribution in [1.82, 2.24) is 0 Å². The van der Waals surface area contributed by atoms with E-state index in [1.807, 2.05) is 6.92 Å². The summed E-state index contributed by atoms with van der Waals surface area (Å²) in [6, 6.07) is 0. The maximum Gasteiger partial charge on any atom is 0.394 e. The molecule has 0 atom stereocenters. The predicted molar refractivity (Wildman–Crippen MR) is 57.9 cm³/mol. The topological polar surface area (TPSA) is 139 Å². The highest BCUT2D eigenvalue weighted by Crippen LogP contribution is 1.96. The Morgan fingerprint density at radius 1 is 1.50 bits per heavy atom. The maximum absolute atomic E-state index is 8.74. The predicted octanol–water partition coefficient (Wildman–Crippen LogP) is -0.640. The first kappa shape index (κ1) is 16.1. The van der Waals surface area contributed by atoms with Crippen LogP contribution in [0.25, 0.3) is 0 Å². The van der Waals surface area contributed by atoms with E-state index >= 15 is 0 Å². The highest BCUT2D eigenvalue weighted by molar-refractivity contribution is 8.13. The molecule has 0 saturated carbocycles. The van der Waals surface area contributed by atoms with Crippen molar-refractivity contribution in [3.05, 3.63) is 0 Å². The lowest BCUT2D eigenvalue weighted by Gasteiger charge is -1.95. The Hall–Kier alpha value is -0.350. The second kappa shape index (κ2) is 9.21. The molecule has 0 aromatic heterocycles. The van der Waals surface area contributed by atoms with Crippen molar-refractivity contribution in [2.75, 3.05) is 18.8 Å². The molecule has 0 aromatic rings. The van der Waals surface area contributed by atoms with Crippen molar-refractivity contribution in [2.45, 2.75) is 6.92 Å². The standard InChI is InChI=1S/C5H13N3S.H2O4S/c1-2-8-5(7)9-4-3-6;1-5(2,3)4/h2-4,6H2,1H3,(H2,7,8);(H2,1,2,3,4). The molecule has 0 rings (SSSR count). The maximum atomic E-state index is 8.74. The summed E-state index contributed by atoms with van der Waals surface area (Å²) in [6.07, 6.45) is 0. The minimum Gasteiger partial charge on any atom is -0.379 e. The lowest BCUT2D eigenvalue weighted by Crippen LogP contribution is -2.11. The fraction of sp³-hybridized carbons (Fsp3) is 0.800. The van der Waals surface area contributed by atoms with Crippen LogP contribution in [0.4, 0.5) is 0 Å².